The van der Waals surface area contributed by atoms with Crippen LogP contribution in [-0.4, -0.2) is 44.9 Å². The van der Waals surface area contributed by atoms with E-state index in [2.05, 4.69) is 5.32 Å². The van der Waals surface area contributed by atoms with Crippen LogP contribution in [0.4, 0.5) is 0 Å². The molecule has 1 aromatic rings. The van der Waals surface area contributed by atoms with E-state index < -0.39 is 10.0 Å². The minimum atomic E-state index is -3.58. The van der Waals surface area contributed by atoms with Crippen molar-refractivity contribution in [2.24, 2.45) is 5.92 Å². The number of amides is 1. The van der Waals surface area contributed by atoms with Crippen molar-refractivity contribution in [2.45, 2.75) is 43.4 Å². The highest BCUT2D eigenvalue weighted by Gasteiger charge is 2.26. The molecule has 0 aromatic heterocycles. The maximum Gasteiger partial charge on any atom is 0.243 e. The van der Waals surface area contributed by atoms with Crippen LogP contribution >= 0.6 is 0 Å². The lowest BCUT2D eigenvalue weighted by Crippen LogP contribution is -2.34. The maximum atomic E-state index is 12.7. The summed E-state index contributed by atoms with van der Waals surface area (Å²) in [6.45, 7) is 1.56. The second-order valence-corrected chi connectivity index (χ2v) is 8.73. The molecule has 1 amide bonds. The van der Waals surface area contributed by atoms with Gasteiger partial charge in [0.05, 0.1) is 11.5 Å². The van der Waals surface area contributed by atoms with Crippen molar-refractivity contribution < 1.29 is 17.9 Å². The first-order chi connectivity index (χ1) is 12.1. The van der Waals surface area contributed by atoms with E-state index in [1.54, 1.807) is 24.3 Å². The van der Waals surface area contributed by atoms with Crippen LogP contribution in [0.3, 0.4) is 0 Å². The fourth-order valence-electron chi connectivity index (χ4n) is 3.41. The molecule has 0 bridgehead atoms. The van der Waals surface area contributed by atoms with Crippen LogP contribution in [-0.2, 0) is 14.8 Å². The third-order valence-electron chi connectivity index (χ3n) is 4.94. The van der Waals surface area contributed by atoms with E-state index in [-0.39, 0.29) is 23.8 Å². The van der Waals surface area contributed by atoms with Crippen molar-refractivity contribution in [3.05, 3.63) is 24.3 Å². The molecule has 0 unspecified atom stereocenters. The van der Waals surface area contributed by atoms with E-state index in [4.69, 9.17) is 4.74 Å². The van der Waals surface area contributed by atoms with Gasteiger partial charge in [0.25, 0.3) is 0 Å². The first-order valence-electron chi connectivity index (χ1n) is 9.05. The Labute approximate surface area is 149 Å². The van der Waals surface area contributed by atoms with Gasteiger partial charge < -0.3 is 10.1 Å². The van der Waals surface area contributed by atoms with Gasteiger partial charge >= 0.3 is 0 Å². The van der Waals surface area contributed by atoms with Crippen molar-refractivity contribution in [3.8, 4) is 5.75 Å². The van der Waals surface area contributed by atoms with Gasteiger partial charge in [0, 0.05) is 26.1 Å². The van der Waals surface area contributed by atoms with Crippen molar-refractivity contribution in [1.29, 1.82) is 0 Å². The number of nitrogens with zero attached hydrogens (tertiary/aromatic N) is 1. The molecule has 1 saturated carbocycles. The average Bonchev–Trinajstić information content (AvgIpc) is 2.86. The zero-order chi connectivity index (χ0) is 17.7. The van der Waals surface area contributed by atoms with Crippen LogP contribution in [0.2, 0.25) is 0 Å². The quantitative estimate of drug-likeness (QED) is 0.866. The van der Waals surface area contributed by atoms with Crippen LogP contribution in [0.25, 0.3) is 0 Å². The average molecular weight is 366 g/mol. The first kappa shape index (κ1) is 18.2. The molecule has 138 valence electrons. The number of carbonyl (C=O) groups is 1. The summed E-state index contributed by atoms with van der Waals surface area (Å²) < 4.78 is 32.6. The van der Waals surface area contributed by atoms with Crippen LogP contribution in [0, 0.1) is 5.92 Å². The predicted molar refractivity (Wildman–Crippen MR) is 94.9 cm³/mol. The smallest absolute Gasteiger partial charge is 0.243 e. The van der Waals surface area contributed by atoms with Gasteiger partial charge in [0.2, 0.25) is 15.9 Å². The Morgan fingerprint density at radius 2 is 1.80 bits per heavy atom. The highest BCUT2D eigenvalue weighted by molar-refractivity contribution is 7.89. The predicted octanol–water partition coefficient (Wildman–Crippen LogP) is 2.16. The number of hydrogen-bond donors (Lipinski definition) is 1. The monoisotopic (exact) mass is 366 g/mol. The summed E-state index contributed by atoms with van der Waals surface area (Å²) in [5.41, 5.74) is 0. The van der Waals surface area contributed by atoms with Gasteiger partial charge in [-0.1, -0.05) is 19.3 Å². The number of benzene rings is 1. The van der Waals surface area contributed by atoms with Crippen LogP contribution in [0.15, 0.2) is 29.2 Å². The number of carbonyl (C=O) groups excluding carboxylic acids is 1. The molecule has 7 heteroatoms. The van der Waals surface area contributed by atoms with E-state index >= 15 is 0 Å². The molecule has 1 aromatic carbocycles. The molecular formula is C18H26N2O4S. The number of sulfonamides is 1. The molecule has 6 nitrogen and oxygen atoms in total. The number of nitrogens with one attached hydrogen (secondary N) is 1. The SMILES string of the molecule is O=C1CCN(S(=O)(=O)c2ccc(OCC3CCCCC3)cc2)CCN1. The lowest BCUT2D eigenvalue weighted by Gasteiger charge is -2.22. The molecule has 1 N–H and O–H groups in total. The Hall–Kier alpha value is -1.60. The minimum absolute atomic E-state index is 0.107. The van der Waals surface area contributed by atoms with Gasteiger partial charge in [-0.05, 0) is 43.0 Å². The topological polar surface area (TPSA) is 75.7 Å². The molecule has 0 radical (unpaired) electrons. The van der Waals surface area contributed by atoms with Crippen LogP contribution < -0.4 is 10.1 Å². The molecule has 0 atom stereocenters. The van der Waals surface area contributed by atoms with E-state index in [9.17, 15) is 13.2 Å². The Morgan fingerprint density at radius 1 is 1.08 bits per heavy atom. The summed E-state index contributed by atoms with van der Waals surface area (Å²) in [6, 6.07) is 6.62. The molecule has 1 aliphatic heterocycles. The summed E-state index contributed by atoms with van der Waals surface area (Å²) >= 11 is 0. The fraction of sp³-hybridized carbons (Fsp3) is 0.611. The van der Waals surface area contributed by atoms with E-state index in [1.165, 1.54) is 36.4 Å². The van der Waals surface area contributed by atoms with Crippen LogP contribution in [0.1, 0.15) is 38.5 Å². The maximum absolute atomic E-state index is 12.7. The standard InChI is InChI=1S/C18H26N2O4S/c21-18-10-12-20(13-11-19-18)25(22,23)17-8-6-16(7-9-17)24-14-15-4-2-1-3-5-15/h6-9,15H,1-5,10-14H2,(H,19,21). The number of hydrogen-bond acceptors (Lipinski definition) is 4. The Morgan fingerprint density at radius 3 is 2.52 bits per heavy atom. The van der Waals surface area contributed by atoms with E-state index in [1.807, 2.05) is 0 Å². The molecule has 2 aliphatic rings. The Bertz CT molecular complexity index is 682. The third kappa shape index (κ3) is 4.73. The first-order valence-corrected chi connectivity index (χ1v) is 10.5. The zero-order valence-corrected chi connectivity index (χ0v) is 15.3. The van der Waals surface area contributed by atoms with Crippen molar-refractivity contribution in [1.82, 2.24) is 9.62 Å². The number of ether oxygens (including phenoxy) is 1. The van der Waals surface area contributed by atoms with Gasteiger partial charge in [0.15, 0.2) is 0 Å². The lowest BCUT2D eigenvalue weighted by molar-refractivity contribution is -0.120. The summed E-state index contributed by atoms with van der Waals surface area (Å²) in [5, 5.41) is 2.69. The molecule has 0 spiro atoms. The lowest BCUT2D eigenvalue weighted by atomic mass is 9.90. The van der Waals surface area contributed by atoms with Crippen molar-refractivity contribution in [3.63, 3.8) is 0 Å². The van der Waals surface area contributed by atoms with Gasteiger partial charge in [-0.15, -0.1) is 0 Å². The zero-order valence-electron chi connectivity index (χ0n) is 14.4. The summed E-state index contributed by atoms with van der Waals surface area (Å²) in [4.78, 5) is 11.6. The minimum Gasteiger partial charge on any atom is -0.493 e. The van der Waals surface area contributed by atoms with Crippen molar-refractivity contribution in [2.75, 3.05) is 26.2 Å². The van der Waals surface area contributed by atoms with Gasteiger partial charge in [-0.3, -0.25) is 4.79 Å². The molecule has 1 aliphatic carbocycles. The normalized spacial score (nSPS) is 20.7. The second-order valence-electron chi connectivity index (χ2n) is 6.79. The molecular weight excluding hydrogens is 340 g/mol. The molecule has 3 rings (SSSR count). The van der Waals surface area contributed by atoms with E-state index in [0.29, 0.717) is 31.4 Å². The van der Waals surface area contributed by atoms with E-state index in [0.717, 1.165) is 0 Å². The molecule has 25 heavy (non-hydrogen) atoms. The number of rotatable bonds is 5. The van der Waals surface area contributed by atoms with Gasteiger partial charge in [-0.25, -0.2) is 8.42 Å². The fourth-order valence-corrected chi connectivity index (χ4v) is 4.85. The van der Waals surface area contributed by atoms with Gasteiger partial charge in [0.1, 0.15) is 5.75 Å². The second kappa shape index (κ2) is 8.19. The largest absolute Gasteiger partial charge is 0.493 e. The molecule has 1 heterocycles. The van der Waals surface area contributed by atoms with Gasteiger partial charge in [-0.2, -0.15) is 4.31 Å². The Balaban J connectivity index is 1.61. The third-order valence-corrected chi connectivity index (χ3v) is 6.86. The van der Waals surface area contributed by atoms with Crippen LogP contribution in [0.5, 0.6) is 5.75 Å². The Kier molecular flexibility index (Phi) is 5.96. The molecule has 2 fully saturated rings. The molecule has 1 saturated heterocycles. The highest BCUT2D eigenvalue weighted by atomic mass is 32.2. The summed E-state index contributed by atoms with van der Waals surface area (Å²) in [5.74, 6) is 1.21. The van der Waals surface area contributed by atoms with Crippen molar-refractivity contribution >= 4 is 15.9 Å². The summed E-state index contributed by atoms with van der Waals surface area (Å²) in [6.07, 6.45) is 6.50. The highest BCUT2D eigenvalue weighted by Crippen LogP contribution is 2.25. The summed E-state index contributed by atoms with van der Waals surface area (Å²) in [7, 11) is -3.58.